The van der Waals surface area contributed by atoms with Gasteiger partial charge in [0, 0.05) is 11.1 Å². The van der Waals surface area contributed by atoms with Gasteiger partial charge in [0.25, 0.3) is 0 Å². The van der Waals surface area contributed by atoms with E-state index < -0.39 is 5.60 Å². The fraction of sp³-hybridized carbons (Fsp3) is 0.318. The van der Waals surface area contributed by atoms with E-state index in [0.717, 1.165) is 33.7 Å². The number of hydrogen-bond acceptors (Lipinski definition) is 3. The quantitative estimate of drug-likeness (QED) is 0.556. The van der Waals surface area contributed by atoms with E-state index >= 15 is 0 Å². The standard InChI is InChI=1S/C22H25NO3/c1-14-7-9-17(10-8-14)25-18-11-12-20-19(13-18)15(2)16(3)23(20)21(24)26-22(4,5)6/h7-13H,1-6H3. The number of aryl methyl sites for hydroxylation is 2. The van der Waals surface area contributed by atoms with Crippen LogP contribution in [0.1, 0.15) is 37.6 Å². The Morgan fingerprint density at radius 2 is 1.54 bits per heavy atom. The van der Waals surface area contributed by atoms with Gasteiger partial charge in [-0.2, -0.15) is 0 Å². The molecule has 2 aromatic carbocycles. The maximum absolute atomic E-state index is 12.6. The molecule has 0 amide bonds. The molecule has 0 saturated carbocycles. The van der Waals surface area contributed by atoms with E-state index in [-0.39, 0.29) is 6.09 Å². The van der Waals surface area contributed by atoms with Gasteiger partial charge in [-0.25, -0.2) is 9.36 Å². The number of aromatic nitrogens is 1. The maximum atomic E-state index is 12.6. The topological polar surface area (TPSA) is 40.5 Å². The molecule has 0 saturated heterocycles. The molecule has 0 fully saturated rings. The highest BCUT2D eigenvalue weighted by Gasteiger charge is 2.22. The number of ether oxygens (including phenoxy) is 2. The van der Waals surface area contributed by atoms with Crippen molar-refractivity contribution in [2.75, 3.05) is 0 Å². The van der Waals surface area contributed by atoms with Gasteiger partial charge in [-0.3, -0.25) is 0 Å². The van der Waals surface area contributed by atoms with E-state index in [4.69, 9.17) is 9.47 Å². The molecule has 26 heavy (non-hydrogen) atoms. The van der Waals surface area contributed by atoms with Gasteiger partial charge >= 0.3 is 6.09 Å². The lowest BCUT2D eigenvalue weighted by Crippen LogP contribution is -2.27. The van der Waals surface area contributed by atoms with Gasteiger partial charge in [-0.05, 0) is 77.4 Å². The van der Waals surface area contributed by atoms with Crippen molar-refractivity contribution in [1.29, 1.82) is 0 Å². The molecule has 0 N–H and O–H groups in total. The molecule has 0 bridgehead atoms. The zero-order chi connectivity index (χ0) is 19.1. The zero-order valence-electron chi connectivity index (χ0n) is 16.2. The van der Waals surface area contributed by atoms with E-state index in [0.29, 0.717) is 0 Å². The van der Waals surface area contributed by atoms with Crippen molar-refractivity contribution in [2.45, 2.75) is 47.1 Å². The molecule has 3 aromatic rings. The Labute approximate surface area is 154 Å². The van der Waals surface area contributed by atoms with Gasteiger partial charge in [0.05, 0.1) is 5.52 Å². The van der Waals surface area contributed by atoms with Crippen molar-refractivity contribution in [2.24, 2.45) is 0 Å². The Bertz CT molecular complexity index is 960. The summed E-state index contributed by atoms with van der Waals surface area (Å²) in [6.07, 6.45) is -0.361. The average Bonchev–Trinajstić information content (AvgIpc) is 2.79. The predicted octanol–water partition coefficient (Wildman–Crippen LogP) is 6.14. The summed E-state index contributed by atoms with van der Waals surface area (Å²) < 4.78 is 13.1. The second-order valence-corrected chi connectivity index (χ2v) is 7.62. The van der Waals surface area contributed by atoms with Crippen LogP contribution in [-0.2, 0) is 4.74 Å². The summed E-state index contributed by atoms with van der Waals surface area (Å²) in [5.41, 5.74) is 3.39. The SMILES string of the molecule is Cc1ccc(Oc2ccc3c(c2)c(C)c(C)n3C(=O)OC(C)(C)C)cc1. The summed E-state index contributed by atoms with van der Waals surface area (Å²) in [4.78, 5) is 12.6. The fourth-order valence-electron chi connectivity index (χ4n) is 2.90. The van der Waals surface area contributed by atoms with Crippen molar-refractivity contribution in [3.63, 3.8) is 0 Å². The predicted molar refractivity (Wildman–Crippen MR) is 104 cm³/mol. The third kappa shape index (κ3) is 3.59. The number of carbonyl (C=O) groups is 1. The Hall–Kier alpha value is -2.75. The molecular weight excluding hydrogens is 326 g/mol. The van der Waals surface area contributed by atoms with Crippen LogP contribution in [0.15, 0.2) is 42.5 Å². The number of benzene rings is 2. The second-order valence-electron chi connectivity index (χ2n) is 7.62. The summed E-state index contributed by atoms with van der Waals surface area (Å²) in [7, 11) is 0. The molecule has 0 spiro atoms. The van der Waals surface area contributed by atoms with Crippen LogP contribution in [-0.4, -0.2) is 16.3 Å². The number of hydrogen-bond donors (Lipinski definition) is 0. The first kappa shape index (κ1) is 18.1. The molecule has 4 heteroatoms. The Morgan fingerprint density at radius 1 is 0.923 bits per heavy atom. The summed E-state index contributed by atoms with van der Waals surface area (Å²) >= 11 is 0. The minimum atomic E-state index is -0.539. The van der Waals surface area contributed by atoms with Gasteiger partial charge in [0.2, 0.25) is 0 Å². The molecule has 0 aliphatic heterocycles. The van der Waals surface area contributed by atoms with Gasteiger partial charge in [-0.15, -0.1) is 0 Å². The summed E-state index contributed by atoms with van der Waals surface area (Å²) in [6, 6.07) is 13.7. The van der Waals surface area contributed by atoms with Crippen LogP contribution in [0, 0.1) is 20.8 Å². The molecule has 1 aromatic heterocycles. The van der Waals surface area contributed by atoms with Crippen LogP contribution < -0.4 is 4.74 Å². The lowest BCUT2D eigenvalue weighted by Gasteiger charge is -2.20. The zero-order valence-corrected chi connectivity index (χ0v) is 16.2. The largest absolute Gasteiger partial charge is 0.457 e. The Balaban J connectivity index is 1.99. The highest BCUT2D eigenvalue weighted by atomic mass is 16.6. The maximum Gasteiger partial charge on any atom is 0.419 e. The van der Waals surface area contributed by atoms with Crippen LogP contribution in [0.2, 0.25) is 0 Å². The van der Waals surface area contributed by atoms with Gasteiger partial charge in [0.1, 0.15) is 17.1 Å². The summed E-state index contributed by atoms with van der Waals surface area (Å²) in [6.45, 7) is 11.6. The Kier molecular flexibility index (Phi) is 4.53. The van der Waals surface area contributed by atoms with Crippen LogP contribution in [0.5, 0.6) is 11.5 Å². The van der Waals surface area contributed by atoms with Gasteiger partial charge in [0.15, 0.2) is 0 Å². The van der Waals surface area contributed by atoms with Crippen molar-refractivity contribution in [3.8, 4) is 11.5 Å². The lowest BCUT2D eigenvalue weighted by molar-refractivity contribution is 0.0541. The van der Waals surface area contributed by atoms with E-state index in [9.17, 15) is 4.79 Å². The minimum absolute atomic E-state index is 0.361. The van der Waals surface area contributed by atoms with Crippen LogP contribution in [0.4, 0.5) is 4.79 Å². The molecule has 0 aliphatic rings. The van der Waals surface area contributed by atoms with Crippen LogP contribution in [0.25, 0.3) is 10.9 Å². The van der Waals surface area contributed by atoms with Crippen molar-refractivity contribution >= 4 is 17.0 Å². The fourth-order valence-corrected chi connectivity index (χ4v) is 2.90. The number of fused-ring (bicyclic) bond motifs is 1. The molecule has 0 aliphatic carbocycles. The van der Waals surface area contributed by atoms with Crippen LogP contribution in [0.3, 0.4) is 0 Å². The van der Waals surface area contributed by atoms with E-state index in [1.807, 2.05) is 84.0 Å². The highest BCUT2D eigenvalue weighted by Crippen LogP contribution is 2.31. The minimum Gasteiger partial charge on any atom is -0.457 e. The average molecular weight is 351 g/mol. The molecule has 0 atom stereocenters. The second kappa shape index (κ2) is 6.52. The van der Waals surface area contributed by atoms with Crippen molar-refractivity contribution in [1.82, 2.24) is 4.57 Å². The summed E-state index contributed by atoms with van der Waals surface area (Å²) in [5, 5.41) is 0.984. The molecular formula is C22H25NO3. The van der Waals surface area contributed by atoms with E-state index in [1.54, 1.807) is 4.57 Å². The first-order valence-corrected chi connectivity index (χ1v) is 8.75. The molecule has 0 radical (unpaired) electrons. The number of carbonyl (C=O) groups excluding carboxylic acids is 1. The smallest absolute Gasteiger partial charge is 0.419 e. The van der Waals surface area contributed by atoms with Gasteiger partial charge < -0.3 is 9.47 Å². The van der Waals surface area contributed by atoms with E-state index in [2.05, 4.69) is 0 Å². The first-order chi connectivity index (χ1) is 12.2. The number of rotatable bonds is 2. The van der Waals surface area contributed by atoms with E-state index in [1.165, 1.54) is 5.56 Å². The third-order valence-corrected chi connectivity index (χ3v) is 4.32. The lowest BCUT2D eigenvalue weighted by atomic mass is 10.1. The molecule has 1 heterocycles. The van der Waals surface area contributed by atoms with Gasteiger partial charge in [-0.1, -0.05) is 17.7 Å². The van der Waals surface area contributed by atoms with Crippen molar-refractivity contribution < 1.29 is 14.3 Å². The third-order valence-electron chi connectivity index (χ3n) is 4.32. The van der Waals surface area contributed by atoms with Crippen LogP contribution >= 0.6 is 0 Å². The monoisotopic (exact) mass is 351 g/mol. The molecule has 136 valence electrons. The molecule has 0 unspecified atom stereocenters. The highest BCUT2D eigenvalue weighted by molar-refractivity contribution is 5.94. The normalized spacial score (nSPS) is 11.6. The Morgan fingerprint density at radius 3 is 2.15 bits per heavy atom. The van der Waals surface area contributed by atoms with Crippen molar-refractivity contribution in [3.05, 3.63) is 59.3 Å². The molecule has 3 rings (SSSR count). The molecule has 4 nitrogen and oxygen atoms in total. The first-order valence-electron chi connectivity index (χ1n) is 8.75. The number of nitrogens with zero attached hydrogens (tertiary/aromatic N) is 1. The summed E-state index contributed by atoms with van der Waals surface area (Å²) in [5.74, 6) is 1.53.